The summed E-state index contributed by atoms with van der Waals surface area (Å²) >= 11 is 0. The molecule has 2 rings (SSSR count). The molecule has 2 aliphatic rings. The first-order valence-corrected chi connectivity index (χ1v) is 6.99. The Labute approximate surface area is 108 Å². The van der Waals surface area contributed by atoms with Gasteiger partial charge in [-0.3, -0.25) is 9.59 Å². The van der Waals surface area contributed by atoms with Crippen molar-refractivity contribution in [1.82, 2.24) is 10.6 Å². The summed E-state index contributed by atoms with van der Waals surface area (Å²) in [6.45, 7) is 1.01. The molecule has 5 heteroatoms. The number of hydrogen-bond donors (Lipinski definition) is 3. The lowest BCUT2D eigenvalue weighted by Crippen LogP contribution is -2.48. The molecule has 5 nitrogen and oxygen atoms in total. The minimum Gasteiger partial charge on any atom is -0.369 e. The minimum absolute atomic E-state index is 0.0487. The zero-order valence-electron chi connectivity index (χ0n) is 10.8. The molecule has 0 spiro atoms. The standard InChI is InChI=1S/C13H23N3O2/c14-13(18)10-5-1-2-6-11(10)16-12(17)8-9-4-3-7-15-9/h9-11,15H,1-8H2,(H2,14,18)(H,16,17). The second-order valence-electron chi connectivity index (χ2n) is 5.46. The van der Waals surface area contributed by atoms with Gasteiger partial charge >= 0.3 is 0 Å². The molecule has 18 heavy (non-hydrogen) atoms. The SMILES string of the molecule is NC(=O)C1CCCCC1NC(=O)CC1CCCN1. The van der Waals surface area contributed by atoms with Crippen molar-refractivity contribution in [2.24, 2.45) is 11.7 Å². The molecular formula is C13H23N3O2. The molecule has 3 atom stereocenters. The summed E-state index contributed by atoms with van der Waals surface area (Å²) in [6, 6.07) is 0.255. The molecule has 1 aliphatic carbocycles. The molecule has 0 aromatic carbocycles. The number of carbonyl (C=O) groups excluding carboxylic acids is 2. The van der Waals surface area contributed by atoms with Gasteiger partial charge in [-0.2, -0.15) is 0 Å². The van der Waals surface area contributed by atoms with Crippen LogP contribution < -0.4 is 16.4 Å². The lowest BCUT2D eigenvalue weighted by Gasteiger charge is -2.30. The van der Waals surface area contributed by atoms with E-state index >= 15 is 0 Å². The summed E-state index contributed by atoms with van der Waals surface area (Å²) in [7, 11) is 0. The maximum Gasteiger partial charge on any atom is 0.222 e. The Kier molecular flexibility index (Phi) is 4.58. The summed E-state index contributed by atoms with van der Waals surface area (Å²) in [5.41, 5.74) is 5.39. The van der Waals surface area contributed by atoms with Crippen LogP contribution in [0.25, 0.3) is 0 Å². The van der Waals surface area contributed by atoms with Gasteiger partial charge < -0.3 is 16.4 Å². The van der Waals surface area contributed by atoms with Gasteiger partial charge in [-0.15, -0.1) is 0 Å². The average molecular weight is 253 g/mol. The number of nitrogens with one attached hydrogen (secondary N) is 2. The van der Waals surface area contributed by atoms with E-state index in [-0.39, 0.29) is 23.8 Å². The van der Waals surface area contributed by atoms with Crippen LogP contribution in [0.2, 0.25) is 0 Å². The highest BCUT2D eigenvalue weighted by Gasteiger charge is 2.31. The van der Waals surface area contributed by atoms with Gasteiger partial charge in [0.05, 0.1) is 5.92 Å². The van der Waals surface area contributed by atoms with Crippen molar-refractivity contribution < 1.29 is 9.59 Å². The quantitative estimate of drug-likeness (QED) is 0.673. The van der Waals surface area contributed by atoms with Crippen LogP contribution in [0.3, 0.4) is 0 Å². The zero-order valence-corrected chi connectivity index (χ0v) is 10.8. The number of carbonyl (C=O) groups is 2. The predicted molar refractivity (Wildman–Crippen MR) is 68.7 cm³/mol. The van der Waals surface area contributed by atoms with Gasteiger partial charge in [-0.25, -0.2) is 0 Å². The summed E-state index contributed by atoms with van der Waals surface area (Å²) in [5, 5.41) is 6.30. The van der Waals surface area contributed by atoms with Gasteiger partial charge in [0.25, 0.3) is 0 Å². The Bertz CT molecular complexity index is 313. The van der Waals surface area contributed by atoms with Crippen LogP contribution in [0.1, 0.15) is 44.9 Å². The van der Waals surface area contributed by atoms with Crippen molar-refractivity contribution in [3.05, 3.63) is 0 Å². The molecule has 0 bridgehead atoms. The fourth-order valence-corrected chi connectivity index (χ4v) is 3.06. The van der Waals surface area contributed by atoms with Crippen molar-refractivity contribution >= 4 is 11.8 Å². The largest absolute Gasteiger partial charge is 0.369 e. The smallest absolute Gasteiger partial charge is 0.222 e. The van der Waals surface area contributed by atoms with Crippen molar-refractivity contribution in [2.45, 2.75) is 57.0 Å². The molecule has 0 radical (unpaired) electrons. The number of amides is 2. The summed E-state index contributed by atoms with van der Waals surface area (Å²) in [4.78, 5) is 23.3. The summed E-state index contributed by atoms with van der Waals surface area (Å²) in [6.07, 6.45) is 6.50. The van der Waals surface area contributed by atoms with E-state index < -0.39 is 0 Å². The molecule has 1 saturated heterocycles. The van der Waals surface area contributed by atoms with Gasteiger partial charge in [0.2, 0.25) is 11.8 Å². The fraction of sp³-hybridized carbons (Fsp3) is 0.846. The number of primary amides is 1. The number of rotatable bonds is 4. The third kappa shape index (κ3) is 3.45. The molecule has 1 aliphatic heterocycles. The summed E-state index contributed by atoms with van der Waals surface area (Å²) in [5.74, 6) is -0.411. The third-order valence-corrected chi connectivity index (χ3v) is 4.07. The fourth-order valence-electron chi connectivity index (χ4n) is 3.06. The average Bonchev–Trinajstić information content (AvgIpc) is 2.82. The topological polar surface area (TPSA) is 84.2 Å². The Morgan fingerprint density at radius 1 is 1.17 bits per heavy atom. The van der Waals surface area contributed by atoms with Crippen LogP contribution in [0.4, 0.5) is 0 Å². The second kappa shape index (κ2) is 6.18. The summed E-state index contributed by atoms with van der Waals surface area (Å²) < 4.78 is 0. The van der Waals surface area contributed by atoms with E-state index in [0.717, 1.165) is 45.1 Å². The highest BCUT2D eigenvalue weighted by molar-refractivity contribution is 5.80. The Morgan fingerprint density at radius 3 is 2.61 bits per heavy atom. The number of nitrogens with two attached hydrogens (primary N) is 1. The molecule has 1 saturated carbocycles. The lowest BCUT2D eigenvalue weighted by atomic mass is 9.84. The molecule has 2 fully saturated rings. The molecule has 0 aromatic rings. The van der Waals surface area contributed by atoms with Gasteiger partial charge in [0, 0.05) is 18.5 Å². The number of hydrogen-bond acceptors (Lipinski definition) is 3. The minimum atomic E-state index is -0.279. The first-order chi connectivity index (χ1) is 8.66. The normalized spacial score (nSPS) is 32.1. The van der Waals surface area contributed by atoms with Crippen molar-refractivity contribution in [3.8, 4) is 0 Å². The van der Waals surface area contributed by atoms with Crippen LogP contribution in [0.5, 0.6) is 0 Å². The van der Waals surface area contributed by atoms with Crippen molar-refractivity contribution in [1.29, 1.82) is 0 Å². The molecule has 1 heterocycles. The van der Waals surface area contributed by atoms with E-state index in [1.54, 1.807) is 0 Å². The Morgan fingerprint density at radius 2 is 1.94 bits per heavy atom. The van der Waals surface area contributed by atoms with E-state index in [4.69, 9.17) is 5.73 Å². The van der Waals surface area contributed by atoms with E-state index in [9.17, 15) is 9.59 Å². The van der Waals surface area contributed by atoms with Crippen LogP contribution >= 0.6 is 0 Å². The van der Waals surface area contributed by atoms with E-state index in [2.05, 4.69) is 10.6 Å². The maximum atomic E-state index is 11.9. The lowest BCUT2D eigenvalue weighted by molar-refractivity contribution is -0.126. The van der Waals surface area contributed by atoms with Crippen LogP contribution in [-0.2, 0) is 9.59 Å². The van der Waals surface area contributed by atoms with E-state index in [1.807, 2.05) is 0 Å². The highest BCUT2D eigenvalue weighted by atomic mass is 16.2. The molecule has 3 unspecified atom stereocenters. The van der Waals surface area contributed by atoms with Crippen molar-refractivity contribution in [3.63, 3.8) is 0 Å². The Hall–Kier alpha value is -1.10. The molecule has 4 N–H and O–H groups in total. The zero-order chi connectivity index (χ0) is 13.0. The predicted octanol–water partition coefficient (Wildman–Crippen LogP) is 0.289. The van der Waals surface area contributed by atoms with Crippen molar-refractivity contribution in [2.75, 3.05) is 6.54 Å². The maximum absolute atomic E-state index is 11.9. The monoisotopic (exact) mass is 253 g/mol. The first-order valence-electron chi connectivity index (χ1n) is 6.99. The first kappa shape index (κ1) is 13.3. The van der Waals surface area contributed by atoms with Crippen LogP contribution in [0, 0.1) is 5.92 Å². The molecular weight excluding hydrogens is 230 g/mol. The molecule has 0 aromatic heterocycles. The van der Waals surface area contributed by atoms with Crippen LogP contribution in [0.15, 0.2) is 0 Å². The van der Waals surface area contributed by atoms with Gasteiger partial charge in [-0.1, -0.05) is 12.8 Å². The van der Waals surface area contributed by atoms with Crippen LogP contribution in [-0.4, -0.2) is 30.4 Å². The third-order valence-electron chi connectivity index (χ3n) is 4.07. The van der Waals surface area contributed by atoms with E-state index in [0.29, 0.717) is 12.5 Å². The molecule has 102 valence electrons. The van der Waals surface area contributed by atoms with Gasteiger partial charge in [0.15, 0.2) is 0 Å². The second-order valence-corrected chi connectivity index (χ2v) is 5.46. The highest BCUT2D eigenvalue weighted by Crippen LogP contribution is 2.24. The van der Waals surface area contributed by atoms with E-state index in [1.165, 1.54) is 0 Å². The van der Waals surface area contributed by atoms with Gasteiger partial charge in [0.1, 0.15) is 0 Å². The molecule has 2 amide bonds. The van der Waals surface area contributed by atoms with Gasteiger partial charge in [-0.05, 0) is 32.2 Å². The Balaban J connectivity index is 1.82.